The van der Waals surface area contributed by atoms with Gasteiger partial charge in [-0.25, -0.2) is 0 Å². The summed E-state index contributed by atoms with van der Waals surface area (Å²) in [7, 11) is 0. The van der Waals surface area contributed by atoms with E-state index in [1.54, 1.807) is 12.5 Å². The molecule has 3 nitrogen and oxygen atoms in total. The van der Waals surface area contributed by atoms with Crippen LogP contribution in [0.25, 0.3) is 9.91 Å². The summed E-state index contributed by atoms with van der Waals surface area (Å²) in [5.74, 6) is 0. The van der Waals surface area contributed by atoms with Crippen LogP contribution in [0.15, 0.2) is 17.6 Å². The van der Waals surface area contributed by atoms with Gasteiger partial charge in [0.15, 0.2) is 0 Å². The zero-order valence-corrected chi connectivity index (χ0v) is 6.20. The van der Waals surface area contributed by atoms with Crippen molar-refractivity contribution in [2.45, 2.75) is 0 Å². The molecule has 9 heavy (non-hydrogen) atoms. The Morgan fingerprint density at radius 2 is 2.33 bits per heavy atom. The molecule has 2 heterocycles. The van der Waals surface area contributed by atoms with Gasteiger partial charge in [0, 0.05) is 0 Å². The minimum absolute atomic E-state index is 0.359. The van der Waals surface area contributed by atoms with E-state index in [4.69, 9.17) is 0 Å². The van der Waals surface area contributed by atoms with Crippen molar-refractivity contribution in [1.29, 1.82) is 0 Å². The van der Waals surface area contributed by atoms with Crippen molar-refractivity contribution < 1.29 is 0 Å². The quantitative estimate of drug-likeness (QED) is 0.544. The molecule has 44 valence electrons. The monoisotopic (exact) mass is 185 g/mol. The molecule has 0 N–H and O–H groups in total. The molecule has 0 spiro atoms. The number of hydrogen-bond acceptors (Lipinski definition) is 3. The summed E-state index contributed by atoms with van der Waals surface area (Å²) < 4.78 is 1.09. The van der Waals surface area contributed by atoms with Crippen LogP contribution in [0, 0.1) is 0 Å². The first kappa shape index (κ1) is 5.09. The third kappa shape index (κ3) is 0.763. The van der Waals surface area contributed by atoms with Crippen LogP contribution in [-0.2, 0) is 0 Å². The van der Waals surface area contributed by atoms with Gasteiger partial charge in [0.25, 0.3) is 0 Å². The van der Waals surface area contributed by atoms with Crippen LogP contribution in [0.5, 0.6) is 0 Å². The zero-order valence-electron chi connectivity index (χ0n) is 4.48. The second kappa shape index (κ2) is 1.90. The Hall–Kier alpha value is -0.731. The molecule has 0 aliphatic rings. The van der Waals surface area contributed by atoms with E-state index >= 15 is 0 Å². The molecule has 0 amide bonds. The maximum absolute atomic E-state index is 4.08. The van der Waals surface area contributed by atoms with Crippen molar-refractivity contribution in [3.8, 4) is 0 Å². The summed E-state index contributed by atoms with van der Waals surface area (Å²) in [5.41, 5.74) is 0.942. The Morgan fingerprint density at radius 1 is 1.33 bits per heavy atom. The van der Waals surface area contributed by atoms with Gasteiger partial charge in [0.1, 0.15) is 0 Å². The SMILES string of the molecule is c1ncc2nc[se]c2n1. The summed E-state index contributed by atoms with van der Waals surface area (Å²) in [5, 5.41) is 1.91. The third-order valence-electron chi connectivity index (χ3n) is 1.01. The van der Waals surface area contributed by atoms with Crippen molar-refractivity contribution in [3.05, 3.63) is 17.6 Å². The molecule has 2 aromatic heterocycles. The average Bonchev–Trinajstić information content (AvgIpc) is 2.33. The second-order valence-electron chi connectivity index (χ2n) is 1.57. The molecule has 2 rings (SSSR count). The predicted molar refractivity (Wildman–Crippen MR) is 34.3 cm³/mol. The van der Waals surface area contributed by atoms with Gasteiger partial charge in [0.05, 0.1) is 0 Å². The molecule has 0 radical (unpaired) electrons. The molecule has 0 aliphatic carbocycles. The van der Waals surface area contributed by atoms with Crippen LogP contribution in [0.3, 0.4) is 0 Å². The fraction of sp³-hybridized carbons (Fsp3) is 0. The Balaban J connectivity index is 2.95. The third-order valence-corrected chi connectivity index (χ3v) is 2.58. The molecule has 0 atom stereocenters. The van der Waals surface area contributed by atoms with Crippen LogP contribution in [-0.4, -0.2) is 29.5 Å². The Morgan fingerprint density at radius 3 is 3.22 bits per heavy atom. The average molecular weight is 184 g/mol. The van der Waals surface area contributed by atoms with E-state index in [9.17, 15) is 0 Å². The fourth-order valence-corrected chi connectivity index (χ4v) is 1.88. The van der Waals surface area contributed by atoms with Gasteiger partial charge < -0.3 is 0 Å². The standard InChI is InChI=1S/C5H3N3Se/c1-4-5(7-2-6-1)9-3-8-4/h1-3H. The van der Waals surface area contributed by atoms with Crippen LogP contribution >= 0.6 is 0 Å². The number of nitrogens with zero attached hydrogens (tertiary/aromatic N) is 3. The summed E-state index contributed by atoms with van der Waals surface area (Å²) >= 11 is 0.359. The molecule has 0 bridgehead atoms. The molecular weight excluding hydrogens is 181 g/mol. The summed E-state index contributed by atoms with van der Waals surface area (Å²) in [6, 6.07) is 0. The maximum atomic E-state index is 4.08. The Labute approximate surface area is 57.5 Å². The van der Waals surface area contributed by atoms with Crippen molar-refractivity contribution in [2.75, 3.05) is 0 Å². The first-order valence-corrected chi connectivity index (χ1v) is 4.30. The van der Waals surface area contributed by atoms with Gasteiger partial charge in [-0.2, -0.15) is 0 Å². The second-order valence-corrected chi connectivity index (χ2v) is 3.31. The number of rotatable bonds is 0. The Bertz CT molecular complexity index is 286. The van der Waals surface area contributed by atoms with Crippen LogP contribution in [0.2, 0.25) is 0 Å². The first-order chi connectivity index (χ1) is 4.47. The fourth-order valence-electron chi connectivity index (χ4n) is 0.623. The molecular formula is C5H3N3Se. The van der Waals surface area contributed by atoms with Gasteiger partial charge in [0.2, 0.25) is 0 Å². The zero-order chi connectivity index (χ0) is 6.10. The van der Waals surface area contributed by atoms with Crippen LogP contribution in [0.1, 0.15) is 0 Å². The molecule has 0 saturated carbocycles. The van der Waals surface area contributed by atoms with E-state index in [0.29, 0.717) is 14.5 Å². The molecule has 2 aromatic rings. The van der Waals surface area contributed by atoms with E-state index < -0.39 is 0 Å². The van der Waals surface area contributed by atoms with Crippen molar-refractivity contribution in [3.63, 3.8) is 0 Å². The van der Waals surface area contributed by atoms with E-state index in [1.807, 2.05) is 5.07 Å². The molecule has 0 unspecified atom stereocenters. The molecule has 0 saturated heterocycles. The first-order valence-electron chi connectivity index (χ1n) is 2.46. The van der Waals surface area contributed by atoms with E-state index in [0.717, 1.165) is 9.91 Å². The number of aromatic nitrogens is 3. The van der Waals surface area contributed by atoms with Crippen LogP contribution in [0.4, 0.5) is 0 Å². The summed E-state index contributed by atoms with van der Waals surface area (Å²) in [6.45, 7) is 0. The van der Waals surface area contributed by atoms with Crippen molar-refractivity contribution >= 4 is 24.4 Å². The molecule has 4 heteroatoms. The summed E-state index contributed by atoms with van der Waals surface area (Å²) in [6.07, 6.45) is 3.31. The van der Waals surface area contributed by atoms with Gasteiger partial charge in [-0.05, 0) is 0 Å². The Kier molecular flexibility index (Phi) is 1.07. The van der Waals surface area contributed by atoms with Gasteiger partial charge >= 0.3 is 57.0 Å². The topological polar surface area (TPSA) is 38.7 Å². The van der Waals surface area contributed by atoms with E-state index in [2.05, 4.69) is 15.0 Å². The molecule has 0 aliphatic heterocycles. The minimum atomic E-state index is 0.359. The van der Waals surface area contributed by atoms with E-state index in [1.165, 1.54) is 0 Å². The molecule has 0 aromatic carbocycles. The van der Waals surface area contributed by atoms with Gasteiger partial charge in [-0.1, -0.05) is 0 Å². The molecule has 0 fully saturated rings. The van der Waals surface area contributed by atoms with E-state index in [-0.39, 0.29) is 0 Å². The summed E-state index contributed by atoms with van der Waals surface area (Å²) in [4.78, 5) is 12.0. The number of hydrogen-bond donors (Lipinski definition) is 0. The van der Waals surface area contributed by atoms with Crippen LogP contribution < -0.4 is 0 Å². The normalized spacial score (nSPS) is 10.2. The van der Waals surface area contributed by atoms with Gasteiger partial charge in [-0.3, -0.25) is 0 Å². The predicted octanol–water partition coefficient (Wildman–Crippen LogP) is 0.0818. The van der Waals surface area contributed by atoms with Gasteiger partial charge in [-0.15, -0.1) is 0 Å². The number of fused-ring (bicyclic) bond motifs is 1. The van der Waals surface area contributed by atoms with Crippen molar-refractivity contribution in [1.82, 2.24) is 15.0 Å². The van der Waals surface area contributed by atoms with Crippen molar-refractivity contribution in [2.24, 2.45) is 0 Å².